The van der Waals surface area contributed by atoms with Gasteiger partial charge in [0.15, 0.2) is 5.82 Å². The summed E-state index contributed by atoms with van der Waals surface area (Å²) in [5.74, 6) is 1.10. The Morgan fingerprint density at radius 1 is 1.00 bits per heavy atom. The van der Waals surface area contributed by atoms with Gasteiger partial charge < -0.3 is 15.1 Å². The number of amides is 1. The fraction of sp³-hybridized carbons (Fsp3) is 0.353. The number of nitrogens with zero attached hydrogens (tertiary/aromatic N) is 4. The van der Waals surface area contributed by atoms with Gasteiger partial charge in [-0.05, 0) is 26.0 Å². The molecule has 1 amide bonds. The zero-order valence-electron chi connectivity index (χ0n) is 14.5. The minimum atomic E-state index is -0.166. The van der Waals surface area contributed by atoms with E-state index in [0.717, 1.165) is 11.1 Å². The minimum Gasteiger partial charge on any atom is -0.361 e. The van der Waals surface area contributed by atoms with Crippen LogP contribution in [0.4, 0.5) is 17.5 Å². The Balaban J connectivity index is 2.33. The Morgan fingerprint density at radius 3 is 2.13 bits per heavy atom. The number of aryl methyl sites for hydroxylation is 2. The van der Waals surface area contributed by atoms with Gasteiger partial charge in [0.2, 0.25) is 5.95 Å². The molecule has 0 saturated carbocycles. The minimum absolute atomic E-state index is 0.166. The largest absolute Gasteiger partial charge is 0.361 e. The Hall–Kier alpha value is -2.63. The zero-order chi connectivity index (χ0) is 17.1. The molecule has 0 radical (unpaired) electrons. The lowest BCUT2D eigenvalue weighted by molar-refractivity contribution is 0.102. The summed E-state index contributed by atoms with van der Waals surface area (Å²) >= 11 is 0. The molecule has 122 valence electrons. The van der Waals surface area contributed by atoms with Crippen LogP contribution in [0.2, 0.25) is 0 Å². The maximum Gasteiger partial charge on any atom is 0.255 e. The van der Waals surface area contributed by atoms with Crippen LogP contribution in [0.3, 0.4) is 0 Å². The second kappa shape index (κ2) is 6.64. The average Bonchev–Trinajstić information content (AvgIpc) is 2.46. The Kier molecular flexibility index (Phi) is 4.83. The van der Waals surface area contributed by atoms with Crippen molar-refractivity contribution in [1.82, 2.24) is 9.97 Å². The molecule has 6 heteroatoms. The summed E-state index contributed by atoms with van der Waals surface area (Å²) in [4.78, 5) is 24.9. The first kappa shape index (κ1) is 16.7. The second-order valence-electron chi connectivity index (χ2n) is 6.03. The number of anilines is 3. The van der Waals surface area contributed by atoms with Crippen molar-refractivity contribution in [1.29, 1.82) is 0 Å². The molecule has 6 nitrogen and oxygen atoms in total. The number of benzene rings is 1. The van der Waals surface area contributed by atoms with E-state index in [0.29, 0.717) is 23.0 Å². The monoisotopic (exact) mass is 313 g/mol. The number of carbonyl (C=O) groups excluding carboxylic acids is 1. The molecule has 0 aliphatic carbocycles. The number of hydrogen-bond donors (Lipinski definition) is 1. The average molecular weight is 313 g/mol. The van der Waals surface area contributed by atoms with Gasteiger partial charge in [0.25, 0.3) is 5.91 Å². The van der Waals surface area contributed by atoms with Gasteiger partial charge in [0.1, 0.15) is 5.69 Å². The molecular weight excluding hydrogens is 290 g/mol. The van der Waals surface area contributed by atoms with Crippen molar-refractivity contribution in [2.24, 2.45) is 0 Å². The molecule has 2 rings (SSSR count). The van der Waals surface area contributed by atoms with Crippen LogP contribution in [-0.2, 0) is 0 Å². The maximum atomic E-state index is 12.5. The van der Waals surface area contributed by atoms with Crippen molar-refractivity contribution < 1.29 is 4.79 Å². The van der Waals surface area contributed by atoms with Crippen LogP contribution in [0.5, 0.6) is 0 Å². The molecule has 1 aromatic heterocycles. The highest BCUT2D eigenvalue weighted by atomic mass is 16.1. The Labute approximate surface area is 137 Å². The van der Waals surface area contributed by atoms with Gasteiger partial charge in [-0.3, -0.25) is 4.79 Å². The fourth-order valence-corrected chi connectivity index (χ4v) is 2.31. The first-order valence-corrected chi connectivity index (χ1v) is 7.39. The molecule has 0 fully saturated rings. The Bertz CT molecular complexity index is 705. The number of hydrogen-bond acceptors (Lipinski definition) is 5. The molecule has 1 N–H and O–H groups in total. The van der Waals surface area contributed by atoms with E-state index in [-0.39, 0.29) is 5.91 Å². The van der Waals surface area contributed by atoms with Gasteiger partial charge in [0.05, 0.1) is 6.20 Å². The summed E-state index contributed by atoms with van der Waals surface area (Å²) in [7, 11) is 7.52. The van der Waals surface area contributed by atoms with Gasteiger partial charge in [-0.2, -0.15) is 4.98 Å². The van der Waals surface area contributed by atoms with E-state index in [1.54, 1.807) is 6.20 Å². The third-order valence-corrected chi connectivity index (χ3v) is 3.31. The summed E-state index contributed by atoms with van der Waals surface area (Å²) in [6.07, 6.45) is 1.64. The quantitative estimate of drug-likeness (QED) is 0.939. The van der Waals surface area contributed by atoms with Crippen LogP contribution < -0.4 is 15.1 Å². The third kappa shape index (κ3) is 3.97. The van der Waals surface area contributed by atoms with E-state index < -0.39 is 0 Å². The maximum absolute atomic E-state index is 12.5. The molecule has 0 unspecified atom stereocenters. The first-order chi connectivity index (χ1) is 10.8. The van der Waals surface area contributed by atoms with Gasteiger partial charge in [-0.25, -0.2) is 4.98 Å². The zero-order valence-corrected chi connectivity index (χ0v) is 14.5. The number of carbonyl (C=O) groups is 1. The molecule has 0 bridgehead atoms. The molecule has 1 heterocycles. The van der Waals surface area contributed by atoms with Crippen molar-refractivity contribution in [3.05, 3.63) is 41.1 Å². The van der Waals surface area contributed by atoms with Crippen LogP contribution in [0.15, 0.2) is 24.4 Å². The SMILES string of the molecule is Cc1cc(C)cc(C(=O)Nc2cnc(N(C)C)nc2N(C)C)c1. The third-order valence-electron chi connectivity index (χ3n) is 3.31. The molecule has 0 aliphatic heterocycles. The van der Waals surface area contributed by atoms with Crippen LogP contribution >= 0.6 is 0 Å². The van der Waals surface area contributed by atoms with E-state index >= 15 is 0 Å². The van der Waals surface area contributed by atoms with Gasteiger partial charge in [0, 0.05) is 33.8 Å². The summed E-state index contributed by atoms with van der Waals surface area (Å²) in [5.41, 5.74) is 3.33. The summed E-state index contributed by atoms with van der Waals surface area (Å²) in [6.45, 7) is 3.95. The smallest absolute Gasteiger partial charge is 0.255 e. The van der Waals surface area contributed by atoms with E-state index in [4.69, 9.17) is 0 Å². The van der Waals surface area contributed by atoms with Crippen LogP contribution in [-0.4, -0.2) is 44.1 Å². The lowest BCUT2D eigenvalue weighted by atomic mass is 10.1. The molecule has 0 spiro atoms. The van der Waals surface area contributed by atoms with Gasteiger partial charge in [-0.1, -0.05) is 17.2 Å². The highest BCUT2D eigenvalue weighted by Gasteiger charge is 2.14. The summed E-state index contributed by atoms with van der Waals surface area (Å²) in [5, 5.41) is 2.90. The lowest BCUT2D eigenvalue weighted by Crippen LogP contribution is -2.21. The van der Waals surface area contributed by atoms with Gasteiger partial charge >= 0.3 is 0 Å². The summed E-state index contributed by atoms with van der Waals surface area (Å²) in [6, 6.07) is 5.77. The number of aromatic nitrogens is 2. The van der Waals surface area contributed by atoms with Crippen LogP contribution in [0.1, 0.15) is 21.5 Å². The predicted molar refractivity (Wildman–Crippen MR) is 94.6 cm³/mol. The van der Waals surface area contributed by atoms with Crippen LogP contribution in [0, 0.1) is 13.8 Å². The molecular formula is C17H23N5O. The molecule has 0 aliphatic rings. The molecule has 1 aromatic carbocycles. The second-order valence-corrected chi connectivity index (χ2v) is 6.03. The highest BCUT2D eigenvalue weighted by molar-refractivity contribution is 6.05. The van der Waals surface area contributed by atoms with Crippen molar-refractivity contribution in [3.8, 4) is 0 Å². The number of nitrogens with one attached hydrogen (secondary N) is 1. The highest BCUT2D eigenvalue weighted by Crippen LogP contribution is 2.23. The molecule has 0 saturated heterocycles. The van der Waals surface area contributed by atoms with Crippen molar-refractivity contribution in [2.75, 3.05) is 43.3 Å². The lowest BCUT2D eigenvalue weighted by Gasteiger charge is -2.19. The molecule has 0 atom stereocenters. The Morgan fingerprint density at radius 2 is 1.61 bits per heavy atom. The molecule has 23 heavy (non-hydrogen) atoms. The molecule has 2 aromatic rings. The van der Waals surface area contributed by atoms with Crippen molar-refractivity contribution >= 4 is 23.4 Å². The van der Waals surface area contributed by atoms with Crippen LogP contribution in [0.25, 0.3) is 0 Å². The normalized spacial score (nSPS) is 10.3. The summed E-state index contributed by atoms with van der Waals surface area (Å²) < 4.78 is 0. The van der Waals surface area contributed by atoms with E-state index in [2.05, 4.69) is 15.3 Å². The van der Waals surface area contributed by atoms with Crippen molar-refractivity contribution in [3.63, 3.8) is 0 Å². The standard InChI is InChI=1S/C17H23N5O/c1-11-7-12(2)9-13(8-11)16(23)19-14-10-18-17(22(5)6)20-15(14)21(3)4/h7-10H,1-6H3,(H,19,23). The topological polar surface area (TPSA) is 61.4 Å². The van der Waals surface area contributed by atoms with E-state index in [1.165, 1.54) is 0 Å². The van der Waals surface area contributed by atoms with E-state index in [9.17, 15) is 4.79 Å². The van der Waals surface area contributed by atoms with E-state index in [1.807, 2.05) is 70.0 Å². The predicted octanol–water partition coefficient (Wildman–Crippen LogP) is 2.48. The number of rotatable bonds is 4. The van der Waals surface area contributed by atoms with Gasteiger partial charge in [-0.15, -0.1) is 0 Å². The van der Waals surface area contributed by atoms with Crippen molar-refractivity contribution in [2.45, 2.75) is 13.8 Å². The first-order valence-electron chi connectivity index (χ1n) is 7.39. The fourth-order valence-electron chi connectivity index (χ4n) is 2.31.